The molecule has 0 spiro atoms. The number of aliphatic imine (C=N–C) groups is 1. The Morgan fingerprint density at radius 1 is 1.25 bits per heavy atom. The number of ether oxygens (including phenoxy) is 1. The third-order valence-corrected chi connectivity index (χ3v) is 5.55. The highest BCUT2D eigenvalue weighted by Crippen LogP contribution is 2.16. The van der Waals surface area contributed by atoms with Gasteiger partial charge in [-0.2, -0.15) is 4.31 Å². The molecule has 2 N–H and O–H groups in total. The largest absolute Gasteiger partial charge is 0.379 e. The Balaban J connectivity index is 0.00000288. The van der Waals surface area contributed by atoms with Crippen LogP contribution >= 0.6 is 24.0 Å². The molecule has 0 atom stereocenters. The summed E-state index contributed by atoms with van der Waals surface area (Å²) in [4.78, 5) is 4.05. The number of hydrogen-bond donors (Lipinski definition) is 2. The minimum Gasteiger partial charge on any atom is -0.379 e. The maximum Gasteiger partial charge on any atom is 0.218 e. The minimum absolute atomic E-state index is 0. The SMILES string of the molecule is CN=C(NC)NCc1ccccc1CS(=O)(=O)N1CCOCC1.I. The van der Waals surface area contributed by atoms with Gasteiger partial charge in [-0.3, -0.25) is 4.99 Å². The van der Waals surface area contributed by atoms with Gasteiger partial charge in [-0.05, 0) is 11.1 Å². The van der Waals surface area contributed by atoms with Crippen molar-refractivity contribution in [1.29, 1.82) is 0 Å². The molecule has 7 nitrogen and oxygen atoms in total. The van der Waals surface area contributed by atoms with Gasteiger partial charge in [0.25, 0.3) is 0 Å². The van der Waals surface area contributed by atoms with Gasteiger partial charge in [0.05, 0.1) is 19.0 Å². The first-order chi connectivity index (χ1) is 11.1. The summed E-state index contributed by atoms with van der Waals surface area (Å²) < 4.78 is 31.9. The van der Waals surface area contributed by atoms with Crippen molar-refractivity contribution >= 4 is 40.0 Å². The maximum atomic E-state index is 12.6. The van der Waals surface area contributed by atoms with Crippen molar-refractivity contribution in [3.8, 4) is 0 Å². The lowest BCUT2D eigenvalue weighted by molar-refractivity contribution is 0.0729. The molecule has 0 amide bonds. The number of nitrogens with one attached hydrogen (secondary N) is 2. The fraction of sp³-hybridized carbons (Fsp3) is 0.533. The molecular formula is C15H25IN4O3S. The first kappa shape index (κ1) is 21.1. The molecule has 0 radical (unpaired) electrons. The molecule has 2 rings (SSSR count). The van der Waals surface area contributed by atoms with Crippen molar-refractivity contribution in [2.24, 2.45) is 4.99 Å². The highest BCUT2D eigenvalue weighted by molar-refractivity contribution is 14.0. The summed E-state index contributed by atoms with van der Waals surface area (Å²) in [6.45, 7) is 2.29. The number of guanidine groups is 1. The molecule has 1 heterocycles. The van der Waals surface area contributed by atoms with Crippen LogP contribution in [0, 0.1) is 0 Å². The van der Waals surface area contributed by atoms with Crippen LogP contribution in [0.5, 0.6) is 0 Å². The number of halogens is 1. The van der Waals surface area contributed by atoms with Crippen LogP contribution < -0.4 is 10.6 Å². The van der Waals surface area contributed by atoms with E-state index in [2.05, 4.69) is 15.6 Å². The van der Waals surface area contributed by atoms with Crippen LogP contribution in [0.1, 0.15) is 11.1 Å². The molecule has 9 heteroatoms. The number of nitrogens with zero attached hydrogens (tertiary/aromatic N) is 2. The van der Waals surface area contributed by atoms with Crippen LogP contribution in [-0.2, 0) is 27.1 Å². The van der Waals surface area contributed by atoms with Crippen molar-refractivity contribution in [1.82, 2.24) is 14.9 Å². The lowest BCUT2D eigenvalue weighted by atomic mass is 10.1. The van der Waals surface area contributed by atoms with Crippen LogP contribution in [0.4, 0.5) is 0 Å². The lowest BCUT2D eigenvalue weighted by Crippen LogP contribution is -2.41. The molecule has 0 unspecified atom stereocenters. The number of benzene rings is 1. The van der Waals surface area contributed by atoms with E-state index in [1.165, 1.54) is 4.31 Å². The summed E-state index contributed by atoms with van der Waals surface area (Å²) in [6, 6.07) is 7.56. The Hall–Kier alpha value is -0.910. The first-order valence-corrected chi connectivity index (χ1v) is 9.18. The quantitative estimate of drug-likeness (QED) is 0.379. The maximum absolute atomic E-state index is 12.6. The number of morpholine rings is 1. The third kappa shape index (κ3) is 5.87. The van der Waals surface area contributed by atoms with Crippen molar-refractivity contribution < 1.29 is 13.2 Å². The Morgan fingerprint density at radius 2 is 1.88 bits per heavy atom. The zero-order valence-electron chi connectivity index (χ0n) is 14.0. The summed E-state index contributed by atoms with van der Waals surface area (Å²) in [5.41, 5.74) is 1.75. The van der Waals surface area contributed by atoms with E-state index in [-0.39, 0.29) is 29.7 Å². The average molecular weight is 468 g/mol. The first-order valence-electron chi connectivity index (χ1n) is 7.57. The van der Waals surface area contributed by atoms with E-state index in [1.807, 2.05) is 24.3 Å². The Kier molecular flexibility index (Phi) is 8.95. The van der Waals surface area contributed by atoms with Gasteiger partial charge in [0.2, 0.25) is 10.0 Å². The van der Waals surface area contributed by atoms with Gasteiger partial charge >= 0.3 is 0 Å². The molecule has 1 fully saturated rings. The minimum atomic E-state index is -3.33. The van der Waals surface area contributed by atoms with E-state index in [0.29, 0.717) is 38.8 Å². The van der Waals surface area contributed by atoms with E-state index in [4.69, 9.17) is 4.74 Å². The van der Waals surface area contributed by atoms with Crippen molar-refractivity contribution in [2.75, 3.05) is 40.4 Å². The van der Waals surface area contributed by atoms with E-state index in [0.717, 1.165) is 11.1 Å². The van der Waals surface area contributed by atoms with E-state index in [9.17, 15) is 8.42 Å². The second-order valence-electron chi connectivity index (χ2n) is 5.21. The monoisotopic (exact) mass is 468 g/mol. The molecule has 1 aliphatic heterocycles. The summed E-state index contributed by atoms with van der Waals surface area (Å²) in [5.74, 6) is 0.666. The van der Waals surface area contributed by atoms with Gasteiger partial charge in [0.1, 0.15) is 0 Å². The highest BCUT2D eigenvalue weighted by atomic mass is 127. The standard InChI is InChI=1S/C15H24N4O3S.HI/c1-16-15(17-2)18-11-13-5-3-4-6-14(13)12-23(20,21)19-7-9-22-10-8-19;/h3-6H,7-12H2,1-2H3,(H2,16,17,18);1H. The summed E-state index contributed by atoms with van der Waals surface area (Å²) in [7, 11) is 0.141. The molecule has 1 aromatic rings. The molecule has 1 aromatic carbocycles. The van der Waals surface area contributed by atoms with Crippen molar-refractivity contribution in [3.05, 3.63) is 35.4 Å². The molecule has 0 bridgehead atoms. The molecule has 24 heavy (non-hydrogen) atoms. The van der Waals surface area contributed by atoms with Crippen LogP contribution in [0.25, 0.3) is 0 Å². The lowest BCUT2D eigenvalue weighted by Gasteiger charge is -2.26. The van der Waals surface area contributed by atoms with Crippen LogP contribution in [-0.4, -0.2) is 59.1 Å². The van der Waals surface area contributed by atoms with E-state index >= 15 is 0 Å². The Bertz CT molecular complexity index is 646. The summed E-state index contributed by atoms with van der Waals surface area (Å²) in [5, 5.41) is 6.09. The van der Waals surface area contributed by atoms with Gasteiger partial charge in [-0.1, -0.05) is 24.3 Å². The predicted molar refractivity (Wildman–Crippen MR) is 106 cm³/mol. The predicted octanol–water partition coefficient (Wildman–Crippen LogP) is 0.761. The highest BCUT2D eigenvalue weighted by Gasteiger charge is 2.25. The summed E-state index contributed by atoms with van der Waals surface area (Å²) >= 11 is 0. The molecule has 0 aromatic heterocycles. The van der Waals surface area contributed by atoms with Gasteiger partial charge in [0, 0.05) is 33.7 Å². The fourth-order valence-corrected chi connectivity index (χ4v) is 4.00. The topological polar surface area (TPSA) is 83.0 Å². The van der Waals surface area contributed by atoms with Crippen LogP contribution in [0.3, 0.4) is 0 Å². The smallest absolute Gasteiger partial charge is 0.218 e. The van der Waals surface area contributed by atoms with Gasteiger partial charge in [-0.25, -0.2) is 8.42 Å². The Morgan fingerprint density at radius 3 is 2.46 bits per heavy atom. The van der Waals surface area contributed by atoms with Crippen molar-refractivity contribution in [2.45, 2.75) is 12.3 Å². The second-order valence-corrected chi connectivity index (χ2v) is 7.18. The molecule has 1 aliphatic rings. The number of rotatable bonds is 5. The number of sulfonamides is 1. The molecule has 0 aliphatic carbocycles. The second kappa shape index (κ2) is 10.2. The molecule has 0 saturated carbocycles. The van der Waals surface area contributed by atoms with Gasteiger partial charge < -0.3 is 15.4 Å². The molecule has 1 saturated heterocycles. The fourth-order valence-electron chi connectivity index (χ4n) is 2.44. The zero-order chi connectivity index (χ0) is 16.7. The average Bonchev–Trinajstić information content (AvgIpc) is 2.58. The van der Waals surface area contributed by atoms with Gasteiger partial charge in [-0.15, -0.1) is 24.0 Å². The molecular weight excluding hydrogens is 443 g/mol. The van der Waals surface area contributed by atoms with E-state index < -0.39 is 10.0 Å². The van der Waals surface area contributed by atoms with E-state index in [1.54, 1.807) is 14.1 Å². The summed E-state index contributed by atoms with van der Waals surface area (Å²) in [6.07, 6.45) is 0. The van der Waals surface area contributed by atoms with Crippen molar-refractivity contribution in [3.63, 3.8) is 0 Å². The number of hydrogen-bond acceptors (Lipinski definition) is 4. The van der Waals surface area contributed by atoms with Gasteiger partial charge in [0.15, 0.2) is 5.96 Å². The molecule has 136 valence electrons. The normalized spacial score (nSPS) is 16.3. The zero-order valence-corrected chi connectivity index (χ0v) is 17.1. The third-order valence-electron chi connectivity index (χ3n) is 3.73. The van der Waals surface area contributed by atoms with Crippen LogP contribution in [0.2, 0.25) is 0 Å². The van der Waals surface area contributed by atoms with Crippen LogP contribution in [0.15, 0.2) is 29.3 Å². The Labute approximate surface area is 160 Å².